The van der Waals surface area contributed by atoms with Crippen molar-refractivity contribution in [2.45, 2.75) is 13.1 Å². The van der Waals surface area contributed by atoms with E-state index in [1.807, 2.05) is 0 Å². The number of thiophene rings is 1. The molecular formula is C19H12ClF3N4OS. The van der Waals surface area contributed by atoms with Gasteiger partial charge in [0.05, 0.1) is 10.6 Å². The smallest absolute Gasteiger partial charge is 0.320 e. The number of carbonyl (C=O) groups excluding carboxylic acids is 1. The second-order valence-electron chi connectivity index (χ2n) is 6.21. The number of alkyl halides is 3. The van der Waals surface area contributed by atoms with Crippen LogP contribution >= 0.6 is 22.9 Å². The first-order valence-corrected chi connectivity index (χ1v) is 9.57. The predicted molar refractivity (Wildman–Crippen MR) is 105 cm³/mol. The molecule has 10 heteroatoms. The normalized spacial score (nSPS) is 11.8. The van der Waals surface area contributed by atoms with Crippen molar-refractivity contribution in [1.82, 2.24) is 14.6 Å². The number of hydrogen-bond acceptors (Lipinski definition) is 4. The number of aryl methyl sites for hydroxylation is 1. The van der Waals surface area contributed by atoms with Gasteiger partial charge in [0.1, 0.15) is 0 Å². The Morgan fingerprint density at radius 3 is 2.69 bits per heavy atom. The van der Waals surface area contributed by atoms with Crippen molar-refractivity contribution in [3.63, 3.8) is 0 Å². The third-order valence-electron chi connectivity index (χ3n) is 4.17. The summed E-state index contributed by atoms with van der Waals surface area (Å²) >= 11 is 7.21. The van der Waals surface area contributed by atoms with Gasteiger partial charge in [0.25, 0.3) is 5.91 Å². The molecule has 0 unspecified atom stereocenters. The monoisotopic (exact) mass is 436 g/mol. The van der Waals surface area contributed by atoms with E-state index in [1.165, 1.54) is 17.4 Å². The molecule has 1 amide bonds. The molecule has 0 saturated heterocycles. The number of aromatic nitrogens is 3. The Bertz CT molecular complexity index is 1220. The maximum atomic E-state index is 13.6. The summed E-state index contributed by atoms with van der Waals surface area (Å²) in [5, 5.41) is 8.63. The molecule has 29 heavy (non-hydrogen) atoms. The number of rotatable bonds is 3. The molecule has 0 aliphatic heterocycles. The van der Waals surface area contributed by atoms with Crippen LogP contribution in [0.5, 0.6) is 0 Å². The lowest BCUT2D eigenvalue weighted by Crippen LogP contribution is -2.16. The largest absolute Gasteiger partial charge is 0.433 e. The zero-order valence-electron chi connectivity index (χ0n) is 14.8. The number of benzene rings is 1. The van der Waals surface area contributed by atoms with Gasteiger partial charge in [0.15, 0.2) is 17.0 Å². The van der Waals surface area contributed by atoms with Gasteiger partial charge in [0, 0.05) is 16.8 Å². The predicted octanol–water partition coefficient (Wildman–Crippen LogP) is 5.69. The van der Waals surface area contributed by atoms with E-state index in [4.69, 9.17) is 11.6 Å². The van der Waals surface area contributed by atoms with Gasteiger partial charge >= 0.3 is 6.18 Å². The maximum absolute atomic E-state index is 13.6. The van der Waals surface area contributed by atoms with Crippen LogP contribution in [0.3, 0.4) is 0 Å². The molecule has 0 spiro atoms. The average molecular weight is 437 g/mol. The van der Waals surface area contributed by atoms with E-state index in [9.17, 15) is 18.0 Å². The molecule has 1 aromatic carbocycles. The summed E-state index contributed by atoms with van der Waals surface area (Å²) in [5.74, 6) is -0.660. The third-order valence-corrected chi connectivity index (χ3v) is 5.30. The van der Waals surface area contributed by atoms with Crippen LogP contribution in [0.25, 0.3) is 16.2 Å². The van der Waals surface area contributed by atoms with Gasteiger partial charge in [0.2, 0.25) is 0 Å². The Morgan fingerprint density at radius 2 is 2.00 bits per heavy atom. The molecule has 3 aromatic heterocycles. The number of hydrogen-bond donors (Lipinski definition) is 1. The Morgan fingerprint density at radius 1 is 1.21 bits per heavy atom. The van der Waals surface area contributed by atoms with Crippen molar-refractivity contribution in [3.05, 3.63) is 69.8 Å². The molecule has 0 radical (unpaired) electrons. The van der Waals surface area contributed by atoms with Crippen LogP contribution in [0.1, 0.15) is 21.7 Å². The fraction of sp³-hybridized carbons (Fsp3) is 0.105. The van der Waals surface area contributed by atoms with E-state index in [0.29, 0.717) is 20.1 Å². The van der Waals surface area contributed by atoms with Gasteiger partial charge in [-0.2, -0.15) is 18.3 Å². The second kappa shape index (κ2) is 7.16. The lowest BCUT2D eigenvalue weighted by atomic mass is 10.2. The first kappa shape index (κ1) is 19.4. The highest BCUT2D eigenvalue weighted by Gasteiger charge is 2.35. The molecule has 0 fully saturated rings. The summed E-state index contributed by atoms with van der Waals surface area (Å²) in [6.07, 6.45) is -4.67. The van der Waals surface area contributed by atoms with E-state index >= 15 is 0 Å². The summed E-state index contributed by atoms with van der Waals surface area (Å²) in [6.45, 7) is 1.77. The molecule has 5 nitrogen and oxygen atoms in total. The molecule has 4 rings (SSSR count). The van der Waals surface area contributed by atoms with Crippen LogP contribution < -0.4 is 5.32 Å². The molecule has 0 aliphatic carbocycles. The van der Waals surface area contributed by atoms with Crippen LogP contribution in [-0.4, -0.2) is 20.5 Å². The van der Waals surface area contributed by atoms with Crippen molar-refractivity contribution >= 4 is 40.2 Å². The minimum atomic E-state index is -4.67. The fourth-order valence-corrected chi connectivity index (χ4v) is 3.61. The summed E-state index contributed by atoms with van der Waals surface area (Å²) in [4.78, 5) is 17.4. The fourth-order valence-electron chi connectivity index (χ4n) is 2.75. The molecular weight excluding hydrogens is 425 g/mol. The van der Waals surface area contributed by atoms with Gasteiger partial charge in [-0.1, -0.05) is 23.7 Å². The van der Waals surface area contributed by atoms with E-state index in [1.54, 1.807) is 42.6 Å². The Hall–Kier alpha value is -2.91. The van der Waals surface area contributed by atoms with Crippen molar-refractivity contribution < 1.29 is 18.0 Å². The van der Waals surface area contributed by atoms with Crippen molar-refractivity contribution in [2.24, 2.45) is 0 Å². The topological polar surface area (TPSA) is 59.3 Å². The van der Waals surface area contributed by atoms with E-state index in [-0.39, 0.29) is 17.0 Å². The highest BCUT2D eigenvalue weighted by Crippen LogP contribution is 2.33. The number of nitrogens with zero attached hydrogens (tertiary/aromatic N) is 3. The number of nitrogens with one attached hydrogen (secondary N) is 1. The Labute approximate surface area is 171 Å². The van der Waals surface area contributed by atoms with Crippen molar-refractivity contribution in [2.75, 3.05) is 5.32 Å². The molecule has 4 aromatic rings. The van der Waals surface area contributed by atoms with Crippen molar-refractivity contribution in [1.29, 1.82) is 0 Å². The molecule has 0 atom stereocenters. The SMILES string of the molecule is Cc1ccc(Cl)cc1NC(=O)c1cc2nc(-c3cccs3)cc(C(F)(F)F)n2n1. The van der Waals surface area contributed by atoms with Crippen LogP contribution in [0.15, 0.2) is 47.8 Å². The highest BCUT2D eigenvalue weighted by molar-refractivity contribution is 7.13. The number of anilines is 1. The molecule has 0 aliphatic rings. The number of halogens is 4. The standard InChI is InChI=1S/C19H12ClF3N4OS/c1-10-4-5-11(20)7-12(10)25-18(28)14-9-17-24-13(15-3-2-6-29-15)8-16(19(21,22)23)27(17)26-14/h2-9H,1H3,(H,25,28). The Balaban J connectivity index is 1.78. The summed E-state index contributed by atoms with van der Waals surface area (Å²) in [6, 6.07) is 10.5. The van der Waals surface area contributed by atoms with E-state index in [0.717, 1.165) is 11.6 Å². The van der Waals surface area contributed by atoms with Crippen molar-refractivity contribution in [3.8, 4) is 10.6 Å². The zero-order valence-corrected chi connectivity index (χ0v) is 16.4. The second-order valence-corrected chi connectivity index (χ2v) is 7.60. The van der Waals surface area contributed by atoms with E-state index < -0.39 is 17.8 Å². The van der Waals surface area contributed by atoms with Gasteiger partial charge in [-0.15, -0.1) is 11.3 Å². The maximum Gasteiger partial charge on any atom is 0.433 e. The summed E-state index contributed by atoms with van der Waals surface area (Å²) < 4.78 is 41.4. The molecule has 0 saturated carbocycles. The number of fused-ring (bicyclic) bond motifs is 1. The van der Waals surface area contributed by atoms with Crippen LogP contribution in [-0.2, 0) is 6.18 Å². The first-order valence-electron chi connectivity index (χ1n) is 8.32. The van der Waals surface area contributed by atoms with Crippen LogP contribution in [0, 0.1) is 6.92 Å². The van der Waals surface area contributed by atoms with Gasteiger partial charge in [-0.3, -0.25) is 4.79 Å². The van der Waals surface area contributed by atoms with Gasteiger partial charge in [-0.05, 0) is 42.1 Å². The number of carbonyl (C=O) groups is 1. The lowest BCUT2D eigenvalue weighted by molar-refractivity contribution is -0.142. The van der Waals surface area contributed by atoms with Crippen LogP contribution in [0.2, 0.25) is 5.02 Å². The van der Waals surface area contributed by atoms with Gasteiger partial charge < -0.3 is 5.32 Å². The van der Waals surface area contributed by atoms with Crippen LogP contribution in [0.4, 0.5) is 18.9 Å². The number of amides is 1. The molecule has 0 bridgehead atoms. The molecule has 3 heterocycles. The average Bonchev–Trinajstić information content (AvgIpc) is 3.32. The highest BCUT2D eigenvalue weighted by atomic mass is 35.5. The first-order chi connectivity index (χ1) is 13.7. The molecule has 148 valence electrons. The lowest BCUT2D eigenvalue weighted by Gasteiger charge is -2.10. The van der Waals surface area contributed by atoms with Gasteiger partial charge in [-0.25, -0.2) is 9.50 Å². The molecule has 1 N–H and O–H groups in total. The third kappa shape index (κ3) is 3.83. The minimum absolute atomic E-state index is 0.0730. The summed E-state index contributed by atoms with van der Waals surface area (Å²) in [5.41, 5.74) is 0.0894. The minimum Gasteiger partial charge on any atom is -0.320 e. The zero-order chi connectivity index (χ0) is 20.8. The Kier molecular flexibility index (Phi) is 4.79. The van der Waals surface area contributed by atoms with E-state index in [2.05, 4.69) is 15.4 Å². The summed E-state index contributed by atoms with van der Waals surface area (Å²) in [7, 11) is 0. The quantitative estimate of drug-likeness (QED) is 0.448.